The van der Waals surface area contributed by atoms with E-state index in [1.54, 1.807) is 6.07 Å². The van der Waals surface area contributed by atoms with Gasteiger partial charge in [-0.1, -0.05) is 6.07 Å². The molecular formula is C8H9ClO3S. The van der Waals surface area contributed by atoms with Crippen LogP contribution in [0.1, 0.15) is 11.1 Å². The molecule has 5 heteroatoms. The molecule has 0 N–H and O–H groups in total. The number of hydrogen-bond donors (Lipinski definition) is 0. The Bertz CT molecular complexity index is 411. The highest BCUT2D eigenvalue weighted by molar-refractivity contribution is 7.87. The molecule has 0 radical (unpaired) electrons. The van der Waals surface area contributed by atoms with Gasteiger partial charge in [-0.25, -0.2) is 0 Å². The van der Waals surface area contributed by atoms with Crippen molar-refractivity contribution in [3.8, 4) is 0 Å². The van der Waals surface area contributed by atoms with Crippen LogP contribution >= 0.6 is 11.9 Å². The fourth-order valence-electron chi connectivity index (χ4n) is 0.906. The quantitative estimate of drug-likeness (QED) is 0.767. The van der Waals surface area contributed by atoms with E-state index >= 15 is 0 Å². The Balaban J connectivity index is 3.27. The third-order valence-electron chi connectivity index (χ3n) is 1.85. The van der Waals surface area contributed by atoms with Gasteiger partial charge >= 0.3 is 10.1 Å². The van der Waals surface area contributed by atoms with Crippen LogP contribution in [0.3, 0.4) is 0 Å². The van der Waals surface area contributed by atoms with Gasteiger partial charge < -0.3 is 0 Å². The standard InChI is InChI=1S/C8H9ClO3S/c1-6-3-4-8(5-7(6)2)13(10,11)12-9/h3-5H,1-2H3. The van der Waals surface area contributed by atoms with Crippen LogP contribution in [0.5, 0.6) is 0 Å². The summed E-state index contributed by atoms with van der Waals surface area (Å²) in [5.41, 5.74) is 1.91. The van der Waals surface area contributed by atoms with Crippen LogP contribution in [0.4, 0.5) is 0 Å². The van der Waals surface area contributed by atoms with Gasteiger partial charge in [0.05, 0.1) is 16.8 Å². The Kier molecular flexibility index (Phi) is 2.95. The first-order valence-corrected chi connectivity index (χ1v) is 5.31. The maximum Gasteiger partial charge on any atom is 0.312 e. The van der Waals surface area contributed by atoms with Crippen LogP contribution in [0, 0.1) is 13.8 Å². The van der Waals surface area contributed by atoms with Crippen molar-refractivity contribution in [3.05, 3.63) is 29.3 Å². The fourth-order valence-corrected chi connectivity index (χ4v) is 1.75. The number of aryl methyl sites for hydroxylation is 2. The van der Waals surface area contributed by atoms with E-state index in [1.807, 2.05) is 13.8 Å². The van der Waals surface area contributed by atoms with Crippen molar-refractivity contribution in [2.75, 3.05) is 0 Å². The molecule has 0 saturated heterocycles. The first-order valence-electron chi connectivity index (χ1n) is 3.60. The van der Waals surface area contributed by atoms with Gasteiger partial charge in [-0.3, -0.25) is 0 Å². The van der Waals surface area contributed by atoms with E-state index in [1.165, 1.54) is 12.1 Å². The lowest BCUT2D eigenvalue weighted by atomic mass is 10.1. The van der Waals surface area contributed by atoms with Gasteiger partial charge in [-0.05, 0) is 37.1 Å². The molecule has 72 valence electrons. The second-order valence-electron chi connectivity index (χ2n) is 2.76. The van der Waals surface area contributed by atoms with Gasteiger partial charge in [0.1, 0.15) is 0 Å². The number of rotatable bonds is 2. The molecule has 1 aromatic rings. The molecule has 0 amide bonds. The summed E-state index contributed by atoms with van der Waals surface area (Å²) < 4.78 is 26.1. The van der Waals surface area contributed by atoms with Gasteiger partial charge in [0.15, 0.2) is 0 Å². The van der Waals surface area contributed by atoms with Crippen LogP contribution in [0.15, 0.2) is 23.1 Å². The molecule has 0 saturated carbocycles. The zero-order valence-corrected chi connectivity index (χ0v) is 8.82. The first-order chi connectivity index (χ1) is 5.97. The molecule has 0 unspecified atom stereocenters. The van der Waals surface area contributed by atoms with E-state index in [0.29, 0.717) is 0 Å². The minimum absolute atomic E-state index is 0.0746. The molecule has 0 spiro atoms. The average molecular weight is 221 g/mol. The van der Waals surface area contributed by atoms with Crippen LogP contribution in [-0.2, 0) is 13.9 Å². The lowest BCUT2D eigenvalue weighted by molar-refractivity contribution is 0.509. The molecule has 1 aromatic carbocycles. The van der Waals surface area contributed by atoms with Crippen molar-refractivity contribution in [2.45, 2.75) is 18.7 Å². The zero-order valence-electron chi connectivity index (χ0n) is 7.24. The summed E-state index contributed by atoms with van der Waals surface area (Å²) in [6, 6.07) is 4.69. The average Bonchev–Trinajstić information content (AvgIpc) is 2.09. The topological polar surface area (TPSA) is 43.4 Å². The van der Waals surface area contributed by atoms with Crippen molar-refractivity contribution >= 4 is 22.0 Å². The Morgan fingerprint density at radius 1 is 1.23 bits per heavy atom. The number of benzene rings is 1. The summed E-state index contributed by atoms with van der Waals surface area (Å²) in [5, 5.41) is 0. The molecule has 0 atom stereocenters. The second kappa shape index (κ2) is 3.65. The van der Waals surface area contributed by atoms with Crippen LogP contribution in [0.2, 0.25) is 0 Å². The third kappa shape index (κ3) is 2.21. The Labute approximate surface area is 82.6 Å². The predicted molar refractivity (Wildman–Crippen MR) is 50.0 cm³/mol. The van der Waals surface area contributed by atoms with Gasteiger partial charge in [0.25, 0.3) is 0 Å². The van der Waals surface area contributed by atoms with Crippen molar-refractivity contribution < 1.29 is 12.2 Å². The summed E-state index contributed by atoms with van der Waals surface area (Å²) in [4.78, 5) is 0.0746. The van der Waals surface area contributed by atoms with Crippen LogP contribution in [-0.4, -0.2) is 8.42 Å². The molecule has 0 heterocycles. The van der Waals surface area contributed by atoms with E-state index in [4.69, 9.17) is 11.9 Å². The molecule has 0 bridgehead atoms. The first kappa shape index (κ1) is 10.5. The predicted octanol–water partition coefficient (Wildman–Crippen LogP) is 2.16. The van der Waals surface area contributed by atoms with Crippen molar-refractivity contribution in [1.82, 2.24) is 0 Å². The summed E-state index contributed by atoms with van der Waals surface area (Å²) in [7, 11) is -3.77. The van der Waals surface area contributed by atoms with E-state index in [-0.39, 0.29) is 4.90 Å². The van der Waals surface area contributed by atoms with E-state index in [2.05, 4.69) is 3.74 Å². The summed E-state index contributed by atoms with van der Waals surface area (Å²) in [5.74, 6) is 0. The largest absolute Gasteiger partial charge is 0.312 e. The maximum absolute atomic E-state index is 11.1. The smallest absolute Gasteiger partial charge is 0.193 e. The zero-order chi connectivity index (χ0) is 10.1. The Morgan fingerprint density at radius 2 is 1.85 bits per heavy atom. The Hall–Kier alpha value is -0.580. The van der Waals surface area contributed by atoms with Crippen LogP contribution < -0.4 is 0 Å². The second-order valence-corrected chi connectivity index (χ2v) is 4.65. The molecular weight excluding hydrogens is 212 g/mol. The monoisotopic (exact) mass is 220 g/mol. The number of hydrogen-bond acceptors (Lipinski definition) is 3. The van der Waals surface area contributed by atoms with Gasteiger partial charge in [-0.2, -0.15) is 12.2 Å². The lowest BCUT2D eigenvalue weighted by Gasteiger charge is -2.02. The summed E-state index contributed by atoms with van der Waals surface area (Å²) >= 11 is 4.83. The minimum atomic E-state index is -3.77. The number of halogens is 1. The third-order valence-corrected chi connectivity index (χ3v) is 3.34. The maximum atomic E-state index is 11.1. The minimum Gasteiger partial charge on any atom is -0.193 e. The highest BCUT2D eigenvalue weighted by Gasteiger charge is 2.14. The highest BCUT2D eigenvalue weighted by atomic mass is 35.5. The van der Waals surface area contributed by atoms with E-state index < -0.39 is 10.1 Å². The van der Waals surface area contributed by atoms with E-state index in [0.717, 1.165) is 11.1 Å². The summed E-state index contributed by atoms with van der Waals surface area (Å²) in [6.45, 7) is 3.72. The van der Waals surface area contributed by atoms with Gasteiger partial charge in [0, 0.05) is 0 Å². The molecule has 3 nitrogen and oxygen atoms in total. The highest BCUT2D eigenvalue weighted by Crippen LogP contribution is 2.17. The lowest BCUT2D eigenvalue weighted by Crippen LogP contribution is -2.00. The van der Waals surface area contributed by atoms with Crippen LogP contribution in [0.25, 0.3) is 0 Å². The van der Waals surface area contributed by atoms with Gasteiger partial charge in [-0.15, -0.1) is 0 Å². The van der Waals surface area contributed by atoms with Crippen molar-refractivity contribution in [3.63, 3.8) is 0 Å². The van der Waals surface area contributed by atoms with Crippen molar-refractivity contribution in [2.24, 2.45) is 0 Å². The molecule has 1 rings (SSSR count). The fraction of sp³-hybridized carbons (Fsp3) is 0.250. The summed E-state index contributed by atoms with van der Waals surface area (Å²) in [6.07, 6.45) is 0. The van der Waals surface area contributed by atoms with Crippen molar-refractivity contribution in [1.29, 1.82) is 0 Å². The Morgan fingerprint density at radius 3 is 2.31 bits per heavy atom. The molecule has 13 heavy (non-hydrogen) atoms. The molecule has 0 aromatic heterocycles. The molecule has 0 aliphatic rings. The normalized spacial score (nSPS) is 11.6. The molecule has 0 aliphatic carbocycles. The van der Waals surface area contributed by atoms with Gasteiger partial charge in [0.2, 0.25) is 0 Å². The molecule has 0 fully saturated rings. The van der Waals surface area contributed by atoms with E-state index in [9.17, 15) is 8.42 Å². The molecule has 0 aliphatic heterocycles. The SMILES string of the molecule is Cc1ccc(S(=O)(=O)OCl)cc1C.